The third-order valence-electron chi connectivity index (χ3n) is 4.00. The largest absolute Gasteiger partial charge is 0.303 e. The van der Waals surface area contributed by atoms with Crippen molar-refractivity contribution in [3.05, 3.63) is 35.4 Å². The summed E-state index contributed by atoms with van der Waals surface area (Å²) in [5, 5.41) is 3.10. The molecular formula is C15H21F2N. The minimum absolute atomic E-state index is 0.0195. The maximum atomic E-state index is 14.5. The predicted molar refractivity (Wildman–Crippen MR) is 69.9 cm³/mol. The van der Waals surface area contributed by atoms with Gasteiger partial charge >= 0.3 is 0 Å². The van der Waals surface area contributed by atoms with Gasteiger partial charge in [0.05, 0.1) is 0 Å². The van der Waals surface area contributed by atoms with E-state index in [2.05, 4.69) is 5.32 Å². The summed E-state index contributed by atoms with van der Waals surface area (Å²) in [4.78, 5) is 0. The highest BCUT2D eigenvalue weighted by Crippen LogP contribution is 2.48. The first-order chi connectivity index (χ1) is 8.53. The molecule has 0 amide bonds. The second-order valence-electron chi connectivity index (χ2n) is 5.16. The van der Waals surface area contributed by atoms with Crippen molar-refractivity contribution in [3.8, 4) is 0 Å². The topological polar surface area (TPSA) is 12.0 Å². The highest BCUT2D eigenvalue weighted by Gasteiger charge is 2.55. The van der Waals surface area contributed by atoms with Gasteiger partial charge in [-0.2, -0.15) is 0 Å². The summed E-state index contributed by atoms with van der Waals surface area (Å²) in [7, 11) is 0. The van der Waals surface area contributed by atoms with E-state index < -0.39 is 11.5 Å². The molecule has 0 aliphatic heterocycles. The van der Waals surface area contributed by atoms with Gasteiger partial charge in [-0.15, -0.1) is 0 Å². The van der Waals surface area contributed by atoms with Crippen molar-refractivity contribution in [1.29, 1.82) is 0 Å². The van der Waals surface area contributed by atoms with Gasteiger partial charge in [-0.3, -0.25) is 0 Å². The quantitative estimate of drug-likeness (QED) is 0.858. The van der Waals surface area contributed by atoms with E-state index in [-0.39, 0.29) is 6.42 Å². The first-order valence-electron chi connectivity index (χ1n) is 6.72. The monoisotopic (exact) mass is 253 g/mol. The van der Waals surface area contributed by atoms with Gasteiger partial charge in [-0.05, 0) is 37.4 Å². The maximum absolute atomic E-state index is 14.5. The first kappa shape index (κ1) is 13.5. The standard InChI is InChI=1S/C15H21F2N/c1-3-18-14(10-6-7-11-15(14,16)17)13-9-5-4-8-12(13)2/h4-5,8-9,18H,3,6-7,10-11H2,1-2H3/t14-/m1/s1. The number of nitrogens with one attached hydrogen (secondary N) is 1. The Bertz CT molecular complexity index is 413. The van der Waals surface area contributed by atoms with Crippen molar-refractivity contribution >= 4 is 0 Å². The number of hydrogen-bond donors (Lipinski definition) is 1. The van der Waals surface area contributed by atoms with Crippen LogP contribution in [0.5, 0.6) is 0 Å². The molecule has 18 heavy (non-hydrogen) atoms. The summed E-state index contributed by atoms with van der Waals surface area (Å²) >= 11 is 0. The molecule has 0 bridgehead atoms. The Labute approximate surface area is 108 Å². The fraction of sp³-hybridized carbons (Fsp3) is 0.600. The third-order valence-corrected chi connectivity index (χ3v) is 4.00. The first-order valence-corrected chi connectivity index (χ1v) is 6.72. The number of aryl methyl sites for hydroxylation is 1. The zero-order chi connectivity index (χ0) is 13.2. The minimum atomic E-state index is -2.67. The Morgan fingerprint density at radius 3 is 2.44 bits per heavy atom. The summed E-state index contributed by atoms with van der Waals surface area (Å²) in [5.74, 6) is -2.67. The maximum Gasteiger partial charge on any atom is 0.270 e. The molecule has 0 radical (unpaired) electrons. The van der Waals surface area contributed by atoms with E-state index in [1.165, 1.54) is 0 Å². The van der Waals surface area contributed by atoms with Gasteiger partial charge in [0.2, 0.25) is 0 Å². The molecule has 0 spiro atoms. The SMILES string of the molecule is CCN[C@@]1(c2ccccc2C)CCCCC1(F)F. The lowest BCUT2D eigenvalue weighted by Crippen LogP contribution is -2.57. The van der Waals surface area contributed by atoms with Crippen molar-refractivity contribution in [3.63, 3.8) is 0 Å². The Morgan fingerprint density at radius 1 is 1.17 bits per heavy atom. The van der Waals surface area contributed by atoms with Crippen LogP contribution in [0.3, 0.4) is 0 Å². The third kappa shape index (κ3) is 2.05. The Balaban J connectivity index is 2.52. The van der Waals surface area contributed by atoms with Crippen molar-refractivity contribution in [2.24, 2.45) is 0 Å². The minimum Gasteiger partial charge on any atom is -0.303 e. The van der Waals surface area contributed by atoms with Crippen molar-refractivity contribution < 1.29 is 8.78 Å². The van der Waals surface area contributed by atoms with Crippen LogP contribution < -0.4 is 5.32 Å². The van der Waals surface area contributed by atoms with Crippen molar-refractivity contribution in [2.45, 2.75) is 51.0 Å². The molecule has 1 aliphatic rings. The van der Waals surface area contributed by atoms with Crippen LogP contribution in [0.2, 0.25) is 0 Å². The molecule has 1 aromatic rings. The van der Waals surface area contributed by atoms with Gasteiger partial charge in [0.25, 0.3) is 5.92 Å². The number of alkyl halides is 2. The Kier molecular flexibility index (Phi) is 3.71. The summed E-state index contributed by atoms with van der Waals surface area (Å²) in [6, 6.07) is 7.52. The zero-order valence-corrected chi connectivity index (χ0v) is 11.1. The Hall–Kier alpha value is -0.960. The van der Waals surface area contributed by atoms with E-state index in [0.29, 0.717) is 19.4 Å². The Morgan fingerprint density at radius 2 is 1.83 bits per heavy atom. The van der Waals surface area contributed by atoms with Crippen LogP contribution in [-0.4, -0.2) is 12.5 Å². The lowest BCUT2D eigenvalue weighted by Gasteiger charge is -2.45. The van der Waals surface area contributed by atoms with Gasteiger partial charge < -0.3 is 5.32 Å². The van der Waals surface area contributed by atoms with Crippen LogP contribution in [0.1, 0.15) is 43.7 Å². The van der Waals surface area contributed by atoms with Crippen LogP contribution in [0.4, 0.5) is 8.78 Å². The van der Waals surface area contributed by atoms with Crippen LogP contribution >= 0.6 is 0 Å². The molecule has 1 saturated carbocycles. The number of rotatable bonds is 3. The summed E-state index contributed by atoms with van der Waals surface area (Å²) in [6.45, 7) is 4.37. The normalized spacial score (nSPS) is 27.1. The average Bonchev–Trinajstić information content (AvgIpc) is 2.33. The smallest absolute Gasteiger partial charge is 0.270 e. The van der Waals surface area contributed by atoms with E-state index in [1.807, 2.05) is 38.1 Å². The summed E-state index contributed by atoms with van der Waals surface area (Å²) < 4.78 is 29.0. The number of halogens is 2. The van der Waals surface area contributed by atoms with Crippen molar-refractivity contribution in [2.75, 3.05) is 6.54 Å². The zero-order valence-electron chi connectivity index (χ0n) is 11.1. The molecule has 0 heterocycles. The van der Waals surface area contributed by atoms with E-state index in [9.17, 15) is 8.78 Å². The molecule has 1 aromatic carbocycles. The second-order valence-corrected chi connectivity index (χ2v) is 5.16. The molecule has 1 atom stereocenters. The highest BCUT2D eigenvalue weighted by atomic mass is 19.3. The van der Waals surface area contributed by atoms with Crippen molar-refractivity contribution in [1.82, 2.24) is 5.32 Å². The van der Waals surface area contributed by atoms with Gasteiger partial charge in [-0.25, -0.2) is 8.78 Å². The molecule has 1 nitrogen and oxygen atoms in total. The molecule has 0 unspecified atom stereocenters. The summed E-state index contributed by atoms with van der Waals surface area (Å²) in [6.07, 6.45) is 1.97. The van der Waals surface area contributed by atoms with Crippen LogP contribution in [0, 0.1) is 6.92 Å². The highest BCUT2D eigenvalue weighted by molar-refractivity contribution is 5.35. The van der Waals surface area contributed by atoms with Gasteiger partial charge in [-0.1, -0.05) is 37.6 Å². The molecule has 1 fully saturated rings. The van der Waals surface area contributed by atoms with Gasteiger partial charge in [0.15, 0.2) is 0 Å². The fourth-order valence-electron chi connectivity index (χ4n) is 3.13. The second kappa shape index (κ2) is 4.96. The predicted octanol–water partition coefficient (Wildman–Crippen LogP) is 4.01. The fourth-order valence-corrected chi connectivity index (χ4v) is 3.13. The molecule has 3 heteroatoms. The lowest BCUT2D eigenvalue weighted by molar-refractivity contribution is -0.121. The summed E-state index contributed by atoms with van der Waals surface area (Å²) in [5.41, 5.74) is 0.530. The average molecular weight is 253 g/mol. The lowest BCUT2D eigenvalue weighted by atomic mass is 9.72. The molecular weight excluding hydrogens is 232 g/mol. The molecule has 100 valence electrons. The van der Waals surface area contributed by atoms with E-state index in [4.69, 9.17) is 0 Å². The number of hydrogen-bond acceptors (Lipinski definition) is 1. The molecule has 1 N–H and O–H groups in total. The van der Waals surface area contributed by atoms with E-state index in [1.54, 1.807) is 0 Å². The van der Waals surface area contributed by atoms with Gasteiger partial charge in [0, 0.05) is 6.42 Å². The van der Waals surface area contributed by atoms with Crippen LogP contribution in [0.25, 0.3) is 0 Å². The van der Waals surface area contributed by atoms with E-state index >= 15 is 0 Å². The van der Waals surface area contributed by atoms with Crippen LogP contribution in [0.15, 0.2) is 24.3 Å². The van der Waals surface area contributed by atoms with Crippen LogP contribution in [-0.2, 0) is 5.54 Å². The number of benzene rings is 1. The molecule has 1 aliphatic carbocycles. The van der Waals surface area contributed by atoms with Gasteiger partial charge in [0.1, 0.15) is 5.54 Å². The van der Waals surface area contributed by atoms with E-state index in [0.717, 1.165) is 17.5 Å². The molecule has 2 rings (SSSR count). The molecule has 0 aromatic heterocycles. The molecule has 0 saturated heterocycles.